The van der Waals surface area contributed by atoms with E-state index in [1.165, 1.54) is 5.56 Å². The highest BCUT2D eigenvalue weighted by Crippen LogP contribution is 1.96. The average molecular weight is 1020 g/mol. The molecule has 0 saturated heterocycles. The van der Waals surface area contributed by atoms with Crippen molar-refractivity contribution in [2.45, 2.75) is 253 Å². The molecule has 73 heavy (non-hydrogen) atoms. The number of rotatable bonds is 0. The molecule has 0 unspecified atom stereocenters. The largest absolute Gasteiger partial charge is 0.0808 e. The van der Waals surface area contributed by atoms with E-state index >= 15 is 0 Å². The topological polar surface area (TPSA) is 0 Å². The summed E-state index contributed by atoms with van der Waals surface area (Å²) in [7, 11) is 0. The molecule has 0 saturated carbocycles. The van der Waals surface area contributed by atoms with Gasteiger partial charge in [0.15, 0.2) is 0 Å². The third kappa shape index (κ3) is 186. The highest BCUT2D eigenvalue weighted by molar-refractivity contribution is 5.15. The third-order valence-electron chi connectivity index (χ3n) is 5.54. The maximum Gasteiger partial charge on any atom is -0.0163 e. The van der Waals surface area contributed by atoms with Crippen LogP contribution in [0.5, 0.6) is 0 Å². The molecule has 0 spiro atoms. The summed E-state index contributed by atoms with van der Waals surface area (Å²) in [4.78, 5) is 0. The lowest BCUT2D eigenvalue weighted by molar-refractivity contribution is 1.45. The zero-order valence-corrected chi connectivity index (χ0v) is 55.9. The van der Waals surface area contributed by atoms with Crippen LogP contribution in [-0.2, 0) is 0 Å². The van der Waals surface area contributed by atoms with Crippen molar-refractivity contribution in [2.24, 2.45) is 0 Å². The standard InChI is InChI=1S/C7H8.C6H6.6C5H6.15C2H6/c1-7-5-3-2-4-6-7;1-2-4-6-5-3-1;6*1-2-4-5-3-1;15*1-2/h2-6H,1H3;1-6H;6*1-4H,5H2;15*1-2H3. The summed E-state index contributed by atoms with van der Waals surface area (Å²) in [6, 6.07) is 22.3. The Balaban J connectivity index is -0.0000000378. The minimum absolute atomic E-state index is 1.14. The Bertz CT molecular complexity index is 976. The van der Waals surface area contributed by atoms with Crippen molar-refractivity contribution in [1.29, 1.82) is 0 Å². The summed E-state index contributed by atoms with van der Waals surface area (Å²) in [5.74, 6) is 0. The molecule has 432 valence electrons. The van der Waals surface area contributed by atoms with E-state index in [1.807, 2.05) is 262 Å². The van der Waals surface area contributed by atoms with Crippen LogP contribution in [0.1, 0.15) is 252 Å². The predicted octanol–water partition coefficient (Wildman–Crippen LogP) is 28.1. The lowest BCUT2D eigenvalue weighted by atomic mass is 10.2. The van der Waals surface area contributed by atoms with Crippen LogP contribution in [-0.4, -0.2) is 0 Å². The van der Waals surface area contributed by atoms with Crippen LogP contribution in [0.4, 0.5) is 0 Å². The van der Waals surface area contributed by atoms with Crippen molar-refractivity contribution >= 4 is 0 Å². The molecule has 0 N–H and O–H groups in total. The van der Waals surface area contributed by atoms with Crippen LogP contribution in [0.3, 0.4) is 0 Å². The van der Waals surface area contributed by atoms with Gasteiger partial charge in [-0.3, -0.25) is 0 Å². The average Bonchev–Trinajstić information content (AvgIpc) is 4.39. The van der Waals surface area contributed by atoms with E-state index in [4.69, 9.17) is 0 Å². The summed E-state index contributed by atoms with van der Waals surface area (Å²) in [6.45, 7) is 62.1. The molecular weight excluding hydrogens is 877 g/mol. The van der Waals surface area contributed by atoms with Gasteiger partial charge in [0.1, 0.15) is 0 Å². The van der Waals surface area contributed by atoms with Gasteiger partial charge >= 0.3 is 0 Å². The summed E-state index contributed by atoms with van der Waals surface area (Å²) in [6.07, 6.45) is 57.0. The highest BCUT2D eigenvalue weighted by Gasteiger charge is 1.75. The van der Waals surface area contributed by atoms with E-state index in [1.54, 1.807) is 0 Å². The molecule has 2 aromatic rings. The first-order chi connectivity index (χ1) is 36.4. The molecule has 0 fully saturated rings. The Kier molecular flexibility index (Phi) is 286. The monoisotopic (exact) mass is 1020 g/mol. The quantitative estimate of drug-likeness (QED) is 0.247. The first kappa shape index (κ1) is 109. The van der Waals surface area contributed by atoms with Crippen LogP contribution in [0.15, 0.2) is 213 Å². The number of hydrogen-bond acceptors (Lipinski definition) is 0. The van der Waals surface area contributed by atoms with E-state index < -0.39 is 0 Å². The van der Waals surface area contributed by atoms with Crippen LogP contribution in [0.25, 0.3) is 0 Å². The lowest BCUT2D eigenvalue weighted by Crippen LogP contribution is -1.62. The lowest BCUT2D eigenvalue weighted by Gasteiger charge is -1.82. The van der Waals surface area contributed by atoms with Gasteiger partial charge in [0.05, 0.1) is 0 Å². The summed E-state index contributed by atoms with van der Waals surface area (Å²) >= 11 is 0. The third-order valence-corrected chi connectivity index (χ3v) is 5.54. The zero-order valence-electron chi connectivity index (χ0n) is 55.9. The molecule has 6 aliphatic rings. The van der Waals surface area contributed by atoms with Gasteiger partial charge in [-0.1, -0.05) is 426 Å². The molecule has 0 amide bonds. The van der Waals surface area contributed by atoms with E-state index in [2.05, 4.69) is 165 Å². The molecule has 0 bridgehead atoms. The van der Waals surface area contributed by atoms with Gasteiger partial charge in [-0.05, 0) is 45.4 Å². The smallest absolute Gasteiger partial charge is 0.0163 e. The summed E-state index contributed by atoms with van der Waals surface area (Å²) in [5.41, 5.74) is 1.32. The molecule has 6 aliphatic carbocycles. The van der Waals surface area contributed by atoms with Crippen molar-refractivity contribution in [3.8, 4) is 0 Å². The second-order valence-corrected chi connectivity index (χ2v) is 9.36. The highest BCUT2D eigenvalue weighted by atomic mass is 13.8. The van der Waals surface area contributed by atoms with Gasteiger partial charge in [-0.25, -0.2) is 0 Å². The normalized spacial score (nSPS) is 9.96. The molecular formula is C73H140. The van der Waals surface area contributed by atoms with Gasteiger partial charge in [0, 0.05) is 0 Å². The Morgan fingerprint density at radius 3 is 0.315 bits per heavy atom. The summed E-state index contributed by atoms with van der Waals surface area (Å²) in [5, 5.41) is 0. The zero-order chi connectivity index (χ0) is 60.6. The maximum atomic E-state index is 2.12. The van der Waals surface area contributed by atoms with E-state index in [-0.39, 0.29) is 0 Å². The number of allylic oxidation sites excluding steroid dienone is 24. The Hall–Kier alpha value is -4.68. The van der Waals surface area contributed by atoms with Crippen molar-refractivity contribution < 1.29 is 0 Å². The van der Waals surface area contributed by atoms with E-state index in [0.29, 0.717) is 0 Å². The molecule has 0 heteroatoms. The second kappa shape index (κ2) is 192. The van der Waals surface area contributed by atoms with Crippen LogP contribution >= 0.6 is 0 Å². The van der Waals surface area contributed by atoms with Crippen LogP contribution in [0.2, 0.25) is 0 Å². The number of aryl methyl sites for hydroxylation is 1. The molecule has 0 atom stereocenters. The van der Waals surface area contributed by atoms with Crippen molar-refractivity contribution in [3.05, 3.63) is 218 Å². The molecule has 0 aromatic heterocycles. The Morgan fingerprint density at radius 2 is 0.260 bits per heavy atom. The Labute approximate surface area is 469 Å². The van der Waals surface area contributed by atoms with Gasteiger partial charge in [0.25, 0.3) is 0 Å². The SMILES string of the molecule is C1=CCC=C1.C1=CCC=C1.C1=CCC=C1.C1=CCC=C1.C1=CCC=C1.C1=CCC=C1.CC.CC.CC.CC.CC.CC.CC.CC.CC.CC.CC.CC.CC.CC.CC.Cc1ccccc1.c1ccccc1. The second-order valence-electron chi connectivity index (χ2n) is 9.36. The van der Waals surface area contributed by atoms with Crippen LogP contribution in [0, 0.1) is 6.92 Å². The van der Waals surface area contributed by atoms with Gasteiger partial charge < -0.3 is 0 Å². The Morgan fingerprint density at radius 1 is 0.164 bits per heavy atom. The predicted molar refractivity (Wildman–Crippen MR) is 365 cm³/mol. The summed E-state index contributed by atoms with van der Waals surface area (Å²) < 4.78 is 0. The van der Waals surface area contributed by atoms with Gasteiger partial charge in [-0.15, -0.1) is 0 Å². The van der Waals surface area contributed by atoms with Crippen molar-refractivity contribution in [2.75, 3.05) is 0 Å². The molecule has 2 aromatic carbocycles. The fraction of sp³-hybridized carbons (Fsp3) is 0.507. The molecule has 0 aliphatic heterocycles. The van der Waals surface area contributed by atoms with Crippen molar-refractivity contribution in [1.82, 2.24) is 0 Å². The fourth-order valence-electron chi connectivity index (χ4n) is 3.28. The van der Waals surface area contributed by atoms with E-state index in [9.17, 15) is 0 Å². The van der Waals surface area contributed by atoms with Gasteiger partial charge in [-0.2, -0.15) is 0 Å². The first-order valence-corrected chi connectivity index (χ1v) is 30.3. The fourth-order valence-corrected chi connectivity index (χ4v) is 3.28. The minimum Gasteiger partial charge on any atom is -0.0808 e. The van der Waals surface area contributed by atoms with E-state index in [0.717, 1.165) is 38.5 Å². The number of hydrogen-bond donors (Lipinski definition) is 0. The minimum atomic E-state index is 1.14. The molecule has 8 rings (SSSR count). The molecule has 0 nitrogen and oxygen atoms in total. The van der Waals surface area contributed by atoms with Gasteiger partial charge in [0.2, 0.25) is 0 Å². The van der Waals surface area contributed by atoms with Crippen molar-refractivity contribution in [3.63, 3.8) is 0 Å². The van der Waals surface area contributed by atoms with Crippen LogP contribution < -0.4 is 0 Å². The number of benzene rings is 2. The molecule has 0 radical (unpaired) electrons. The maximum absolute atomic E-state index is 2.12. The first-order valence-electron chi connectivity index (χ1n) is 30.3. The molecule has 0 heterocycles.